The van der Waals surface area contributed by atoms with Gasteiger partial charge in [-0.05, 0) is 37.4 Å². The van der Waals surface area contributed by atoms with Gasteiger partial charge in [-0.15, -0.1) is 0 Å². The van der Waals surface area contributed by atoms with Gasteiger partial charge in [0.05, 0.1) is 24.5 Å². The van der Waals surface area contributed by atoms with E-state index in [0.717, 1.165) is 16.9 Å². The van der Waals surface area contributed by atoms with E-state index in [0.29, 0.717) is 5.56 Å². The molecular weight excluding hydrogens is 348 g/mol. The lowest BCUT2D eigenvalue weighted by molar-refractivity contribution is -0.120. The molecule has 1 atom stereocenters. The molecule has 2 aromatic heterocycles. The summed E-state index contributed by atoms with van der Waals surface area (Å²) >= 11 is 1.44. The van der Waals surface area contributed by atoms with Crippen molar-refractivity contribution in [2.75, 3.05) is 6.54 Å². The van der Waals surface area contributed by atoms with E-state index in [1.54, 1.807) is 17.6 Å². The largest absolute Gasteiger partial charge is 0.348 e. The monoisotopic (exact) mass is 368 g/mol. The van der Waals surface area contributed by atoms with Gasteiger partial charge in [0.15, 0.2) is 0 Å². The van der Waals surface area contributed by atoms with Crippen LogP contribution in [0.4, 0.5) is 0 Å². The zero-order chi connectivity index (χ0) is 18.5. The zero-order valence-electron chi connectivity index (χ0n) is 14.6. The fourth-order valence-corrected chi connectivity index (χ4v) is 3.34. The van der Waals surface area contributed by atoms with Crippen molar-refractivity contribution < 1.29 is 9.59 Å². The maximum Gasteiger partial charge on any atom is 0.252 e. The molecule has 3 aromatic rings. The summed E-state index contributed by atoms with van der Waals surface area (Å²) in [6.45, 7) is 3.80. The quantitative estimate of drug-likeness (QED) is 0.702. The average molecular weight is 368 g/mol. The number of hydrogen-bond donors (Lipinski definition) is 2. The Kier molecular flexibility index (Phi) is 5.48. The second kappa shape index (κ2) is 7.97. The molecule has 3 rings (SSSR count). The summed E-state index contributed by atoms with van der Waals surface area (Å²) in [4.78, 5) is 24.0. The first-order valence-corrected chi connectivity index (χ1v) is 9.20. The number of thiophene rings is 1. The Morgan fingerprint density at radius 3 is 2.69 bits per heavy atom. The van der Waals surface area contributed by atoms with Crippen molar-refractivity contribution in [3.05, 3.63) is 70.2 Å². The van der Waals surface area contributed by atoms with Crippen LogP contribution in [0.5, 0.6) is 0 Å². The number of nitrogens with one attached hydrogen (secondary N) is 2. The highest BCUT2D eigenvalue weighted by atomic mass is 32.1. The van der Waals surface area contributed by atoms with Crippen LogP contribution >= 0.6 is 11.3 Å². The molecule has 26 heavy (non-hydrogen) atoms. The maximum absolute atomic E-state index is 12.1. The molecule has 0 aliphatic heterocycles. The Hall–Kier alpha value is -2.93. The fraction of sp³-hybridized carbons (Fsp3) is 0.211. The Morgan fingerprint density at radius 1 is 1.23 bits per heavy atom. The second-order valence-electron chi connectivity index (χ2n) is 5.92. The number of carbonyl (C=O) groups is 2. The molecule has 0 aliphatic rings. The van der Waals surface area contributed by atoms with E-state index in [1.165, 1.54) is 11.3 Å². The van der Waals surface area contributed by atoms with Crippen molar-refractivity contribution in [3.63, 3.8) is 0 Å². The van der Waals surface area contributed by atoms with Crippen LogP contribution in [0.25, 0.3) is 5.69 Å². The minimum Gasteiger partial charge on any atom is -0.348 e. The van der Waals surface area contributed by atoms with Crippen LogP contribution in [0.1, 0.15) is 34.6 Å². The predicted molar refractivity (Wildman–Crippen MR) is 102 cm³/mol. The highest BCUT2D eigenvalue weighted by Gasteiger charge is 2.17. The van der Waals surface area contributed by atoms with Crippen molar-refractivity contribution >= 4 is 23.2 Å². The Labute approximate surface area is 155 Å². The van der Waals surface area contributed by atoms with Crippen molar-refractivity contribution in [1.82, 2.24) is 20.4 Å². The van der Waals surface area contributed by atoms with Gasteiger partial charge in [0, 0.05) is 22.2 Å². The smallest absolute Gasteiger partial charge is 0.252 e. The van der Waals surface area contributed by atoms with E-state index in [9.17, 15) is 9.59 Å². The minimum atomic E-state index is -0.248. The molecule has 0 spiro atoms. The van der Waals surface area contributed by atoms with Gasteiger partial charge in [-0.3, -0.25) is 9.59 Å². The number of carbonyl (C=O) groups excluding carboxylic acids is 2. The standard InChI is InChI=1S/C19H20N4O2S/c1-13(22-18(24)11-20-19(25)15-8-9-26-12-15)17-10-21-23(14(17)2)16-6-4-3-5-7-16/h3-10,12-13H,11H2,1-2H3,(H,20,25)(H,22,24). The topological polar surface area (TPSA) is 76.0 Å². The van der Waals surface area contributed by atoms with E-state index < -0.39 is 0 Å². The molecule has 1 aromatic carbocycles. The van der Waals surface area contributed by atoms with E-state index in [4.69, 9.17) is 0 Å². The number of rotatable bonds is 6. The van der Waals surface area contributed by atoms with E-state index >= 15 is 0 Å². The third-order valence-corrected chi connectivity index (χ3v) is 4.77. The Balaban J connectivity index is 1.59. The zero-order valence-corrected chi connectivity index (χ0v) is 15.4. The normalized spacial score (nSPS) is 11.8. The minimum absolute atomic E-state index is 0.0646. The molecule has 134 valence electrons. The number of nitrogens with zero attached hydrogens (tertiary/aromatic N) is 2. The number of hydrogen-bond acceptors (Lipinski definition) is 4. The summed E-state index contributed by atoms with van der Waals surface area (Å²) < 4.78 is 1.84. The first kappa shape index (κ1) is 17.9. The van der Waals surface area contributed by atoms with Crippen LogP contribution in [0, 0.1) is 6.92 Å². The van der Waals surface area contributed by atoms with Crippen molar-refractivity contribution in [3.8, 4) is 5.69 Å². The molecule has 1 unspecified atom stereocenters. The maximum atomic E-state index is 12.1. The molecule has 0 saturated heterocycles. The molecular formula is C19H20N4O2S. The van der Waals surface area contributed by atoms with Gasteiger partial charge < -0.3 is 10.6 Å². The van der Waals surface area contributed by atoms with Crippen LogP contribution in [0.3, 0.4) is 0 Å². The third-order valence-electron chi connectivity index (χ3n) is 4.09. The highest BCUT2D eigenvalue weighted by Crippen LogP contribution is 2.19. The molecule has 0 fully saturated rings. The summed E-state index contributed by atoms with van der Waals surface area (Å²) in [6, 6.07) is 11.3. The van der Waals surface area contributed by atoms with Gasteiger partial charge in [-0.1, -0.05) is 18.2 Å². The van der Waals surface area contributed by atoms with Gasteiger partial charge in [0.2, 0.25) is 5.91 Å². The van der Waals surface area contributed by atoms with Crippen LogP contribution in [0.2, 0.25) is 0 Å². The van der Waals surface area contributed by atoms with Gasteiger partial charge in [0.25, 0.3) is 5.91 Å². The summed E-state index contributed by atoms with van der Waals surface area (Å²) in [5, 5.41) is 13.5. The van der Waals surface area contributed by atoms with Crippen molar-refractivity contribution in [2.24, 2.45) is 0 Å². The van der Waals surface area contributed by atoms with Crippen LogP contribution < -0.4 is 10.6 Å². The van der Waals surface area contributed by atoms with E-state index in [1.807, 2.05) is 54.2 Å². The number of para-hydroxylation sites is 1. The molecule has 2 amide bonds. The van der Waals surface area contributed by atoms with Gasteiger partial charge >= 0.3 is 0 Å². The number of amides is 2. The number of benzene rings is 1. The van der Waals surface area contributed by atoms with Gasteiger partial charge in [0.1, 0.15) is 0 Å². The molecule has 7 heteroatoms. The van der Waals surface area contributed by atoms with E-state index in [2.05, 4.69) is 15.7 Å². The van der Waals surface area contributed by atoms with Gasteiger partial charge in [-0.2, -0.15) is 16.4 Å². The first-order valence-electron chi connectivity index (χ1n) is 8.26. The lowest BCUT2D eigenvalue weighted by Crippen LogP contribution is -2.38. The lowest BCUT2D eigenvalue weighted by atomic mass is 10.1. The highest BCUT2D eigenvalue weighted by molar-refractivity contribution is 7.08. The molecule has 2 N–H and O–H groups in total. The first-order chi connectivity index (χ1) is 12.6. The fourth-order valence-electron chi connectivity index (χ4n) is 2.70. The van der Waals surface area contributed by atoms with Crippen molar-refractivity contribution in [1.29, 1.82) is 0 Å². The SMILES string of the molecule is Cc1c(C(C)NC(=O)CNC(=O)c2ccsc2)cnn1-c1ccccc1. The summed E-state index contributed by atoms with van der Waals surface area (Å²) in [6.07, 6.45) is 1.76. The summed E-state index contributed by atoms with van der Waals surface area (Å²) in [5.74, 6) is -0.491. The molecule has 0 bridgehead atoms. The van der Waals surface area contributed by atoms with Gasteiger partial charge in [-0.25, -0.2) is 4.68 Å². The third kappa shape index (κ3) is 4.00. The van der Waals surface area contributed by atoms with Crippen LogP contribution in [-0.2, 0) is 4.79 Å². The summed E-state index contributed by atoms with van der Waals surface area (Å²) in [7, 11) is 0. The van der Waals surface area contributed by atoms with Crippen LogP contribution in [-0.4, -0.2) is 28.1 Å². The van der Waals surface area contributed by atoms with Crippen molar-refractivity contribution in [2.45, 2.75) is 19.9 Å². The lowest BCUT2D eigenvalue weighted by Gasteiger charge is -2.14. The molecule has 6 nitrogen and oxygen atoms in total. The Bertz CT molecular complexity index is 888. The summed E-state index contributed by atoms with van der Waals surface area (Å²) in [5.41, 5.74) is 3.44. The molecule has 2 heterocycles. The number of aromatic nitrogens is 2. The molecule has 0 aliphatic carbocycles. The second-order valence-corrected chi connectivity index (χ2v) is 6.70. The van der Waals surface area contributed by atoms with Crippen LogP contribution in [0.15, 0.2) is 53.4 Å². The molecule has 0 saturated carbocycles. The Morgan fingerprint density at radius 2 is 2.00 bits per heavy atom. The van der Waals surface area contributed by atoms with E-state index in [-0.39, 0.29) is 24.4 Å². The predicted octanol–water partition coefficient (Wildman–Crippen LogP) is 2.85. The average Bonchev–Trinajstić information content (AvgIpc) is 3.30. The molecule has 0 radical (unpaired) electrons.